The lowest BCUT2D eigenvalue weighted by Crippen LogP contribution is -2.30. The molecule has 0 aromatic heterocycles. The Morgan fingerprint density at radius 1 is 1.21 bits per heavy atom. The van der Waals surface area contributed by atoms with Gasteiger partial charge in [-0.15, -0.1) is 0 Å². The average Bonchev–Trinajstić information content (AvgIpc) is 2.27. The number of nitrogen functional groups attached to an aromatic ring is 1. The third kappa shape index (κ3) is 1.63. The van der Waals surface area contributed by atoms with Crippen molar-refractivity contribution in [2.75, 3.05) is 0 Å². The van der Waals surface area contributed by atoms with Crippen LogP contribution in [0.5, 0.6) is 0 Å². The van der Waals surface area contributed by atoms with Crippen molar-refractivity contribution < 1.29 is 4.79 Å². The van der Waals surface area contributed by atoms with Gasteiger partial charge >= 0.3 is 0 Å². The second-order valence-electron chi connectivity index (χ2n) is 3.66. The van der Waals surface area contributed by atoms with E-state index < -0.39 is 0 Å². The predicted molar refractivity (Wildman–Crippen MR) is 54.7 cm³/mol. The highest BCUT2D eigenvalue weighted by Gasteiger charge is 2.11. The van der Waals surface area contributed by atoms with E-state index in [2.05, 4.69) is 5.43 Å². The van der Waals surface area contributed by atoms with Gasteiger partial charge in [-0.25, -0.2) is 5.84 Å². The molecule has 1 aliphatic carbocycles. The molecular weight excluding hydrogens is 176 g/mol. The SMILES string of the molecule is NNC(=O)c1ccc2c(c1)CCCC2. The average molecular weight is 190 g/mol. The molecule has 3 N–H and O–H groups in total. The Labute approximate surface area is 83.3 Å². The Morgan fingerprint density at radius 3 is 2.64 bits per heavy atom. The van der Waals surface area contributed by atoms with Crippen LogP contribution in [0.4, 0.5) is 0 Å². The maximum Gasteiger partial charge on any atom is 0.265 e. The van der Waals surface area contributed by atoms with Gasteiger partial charge in [0.25, 0.3) is 5.91 Å². The number of carbonyl (C=O) groups excluding carboxylic acids is 1. The predicted octanol–water partition coefficient (Wildman–Crippen LogP) is 1.17. The summed E-state index contributed by atoms with van der Waals surface area (Å²) in [6.07, 6.45) is 4.71. The molecular formula is C11H14N2O. The smallest absolute Gasteiger partial charge is 0.265 e. The number of aryl methyl sites for hydroxylation is 2. The Hall–Kier alpha value is -1.35. The number of carbonyl (C=O) groups is 1. The molecule has 1 aliphatic rings. The number of fused-ring (bicyclic) bond motifs is 1. The lowest BCUT2D eigenvalue weighted by Gasteiger charge is -2.15. The summed E-state index contributed by atoms with van der Waals surface area (Å²) >= 11 is 0. The molecule has 0 radical (unpaired) electrons. The molecule has 14 heavy (non-hydrogen) atoms. The van der Waals surface area contributed by atoms with Crippen molar-refractivity contribution in [1.29, 1.82) is 0 Å². The standard InChI is InChI=1S/C11H14N2O/c12-13-11(14)10-6-5-8-3-1-2-4-9(8)7-10/h5-7H,1-4,12H2,(H,13,14). The van der Waals surface area contributed by atoms with Crippen LogP contribution in [0.2, 0.25) is 0 Å². The van der Waals surface area contributed by atoms with E-state index in [0.717, 1.165) is 12.8 Å². The van der Waals surface area contributed by atoms with Crippen LogP contribution in [0.3, 0.4) is 0 Å². The fourth-order valence-corrected chi connectivity index (χ4v) is 1.96. The maximum atomic E-state index is 11.3. The van der Waals surface area contributed by atoms with Gasteiger partial charge in [0.1, 0.15) is 0 Å². The minimum Gasteiger partial charge on any atom is -0.290 e. The number of benzene rings is 1. The molecule has 1 amide bonds. The van der Waals surface area contributed by atoms with E-state index in [1.165, 1.54) is 24.0 Å². The number of amides is 1. The summed E-state index contributed by atoms with van der Waals surface area (Å²) in [7, 11) is 0. The van der Waals surface area contributed by atoms with Crippen molar-refractivity contribution in [3.8, 4) is 0 Å². The van der Waals surface area contributed by atoms with E-state index in [-0.39, 0.29) is 5.91 Å². The van der Waals surface area contributed by atoms with Gasteiger partial charge in [-0.05, 0) is 48.9 Å². The molecule has 0 atom stereocenters. The monoisotopic (exact) mass is 190 g/mol. The lowest BCUT2D eigenvalue weighted by atomic mass is 9.90. The van der Waals surface area contributed by atoms with Crippen LogP contribution in [0.25, 0.3) is 0 Å². The van der Waals surface area contributed by atoms with E-state index in [0.29, 0.717) is 5.56 Å². The summed E-state index contributed by atoms with van der Waals surface area (Å²) in [5.74, 6) is 4.87. The van der Waals surface area contributed by atoms with Gasteiger partial charge in [-0.3, -0.25) is 10.2 Å². The number of hydrogen-bond acceptors (Lipinski definition) is 2. The minimum atomic E-state index is -0.210. The van der Waals surface area contributed by atoms with Gasteiger partial charge < -0.3 is 0 Å². The summed E-state index contributed by atoms with van der Waals surface area (Å²) in [6, 6.07) is 5.84. The molecule has 2 rings (SSSR count). The molecule has 3 nitrogen and oxygen atoms in total. The third-order valence-electron chi connectivity index (χ3n) is 2.74. The fraction of sp³-hybridized carbons (Fsp3) is 0.364. The van der Waals surface area contributed by atoms with Gasteiger partial charge in [0.05, 0.1) is 0 Å². The summed E-state index contributed by atoms with van der Waals surface area (Å²) in [6.45, 7) is 0. The minimum absolute atomic E-state index is 0.210. The fourth-order valence-electron chi connectivity index (χ4n) is 1.96. The zero-order valence-corrected chi connectivity index (χ0v) is 8.05. The molecule has 1 aromatic rings. The molecule has 0 spiro atoms. The largest absolute Gasteiger partial charge is 0.290 e. The first-order chi connectivity index (χ1) is 6.81. The van der Waals surface area contributed by atoms with Crippen LogP contribution < -0.4 is 11.3 Å². The van der Waals surface area contributed by atoms with Crippen LogP contribution in [-0.2, 0) is 12.8 Å². The third-order valence-corrected chi connectivity index (χ3v) is 2.74. The van der Waals surface area contributed by atoms with Crippen LogP contribution in [0.15, 0.2) is 18.2 Å². The first kappa shape index (κ1) is 9.21. The van der Waals surface area contributed by atoms with Crippen molar-refractivity contribution in [1.82, 2.24) is 5.43 Å². The summed E-state index contributed by atoms with van der Waals surface area (Å²) < 4.78 is 0. The second-order valence-corrected chi connectivity index (χ2v) is 3.66. The number of rotatable bonds is 1. The first-order valence-corrected chi connectivity index (χ1v) is 4.94. The van der Waals surface area contributed by atoms with Crippen molar-refractivity contribution in [2.24, 2.45) is 5.84 Å². The van der Waals surface area contributed by atoms with E-state index >= 15 is 0 Å². The second kappa shape index (κ2) is 3.80. The lowest BCUT2D eigenvalue weighted by molar-refractivity contribution is 0.0953. The maximum absolute atomic E-state index is 11.3. The van der Waals surface area contributed by atoms with E-state index in [9.17, 15) is 4.79 Å². The van der Waals surface area contributed by atoms with Crippen molar-refractivity contribution in [3.05, 3.63) is 34.9 Å². The number of nitrogens with two attached hydrogens (primary N) is 1. The van der Waals surface area contributed by atoms with Crippen molar-refractivity contribution in [2.45, 2.75) is 25.7 Å². The first-order valence-electron chi connectivity index (χ1n) is 4.94. The van der Waals surface area contributed by atoms with Crippen LogP contribution in [-0.4, -0.2) is 5.91 Å². The molecule has 0 saturated carbocycles. The molecule has 0 bridgehead atoms. The quantitative estimate of drug-likeness (QED) is 0.397. The highest BCUT2D eigenvalue weighted by atomic mass is 16.2. The molecule has 0 aliphatic heterocycles. The Balaban J connectivity index is 2.33. The highest BCUT2D eigenvalue weighted by molar-refractivity contribution is 5.94. The highest BCUT2D eigenvalue weighted by Crippen LogP contribution is 2.21. The zero-order valence-electron chi connectivity index (χ0n) is 8.05. The Morgan fingerprint density at radius 2 is 1.93 bits per heavy atom. The topological polar surface area (TPSA) is 55.1 Å². The molecule has 0 heterocycles. The van der Waals surface area contributed by atoms with Crippen molar-refractivity contribution in [3.63, 3.8) is 0 Å². The molecule has 3 heteroatoms. The molecule has 74 valence electrons. The van der Waals surface area contributed by atoms with Gasteiger partial charge in [-0.1, -0.05) is 6.07 Å². The Bertz CT molecular complexity index is 360. The van der Waals surface area contributed by atoms with Gasteiger partial charge in [-0.2, -0.15) is 0 Å². The molecule has 0 saturated heterocycles. The summed E-state index contributed by atoms with van der Waals surface area (Å²) in [5.41, 5.74) is 5.49. The van der Waals surface area contributed by atoms with Crippen molar-refractivity contribution >= 4 is 5.91 Å². The van der Waals surface area contributed by atoms with E-state index in [4.69, 9.17) is 5.84 Å². The van der Waals surface area contributed by atoms with Crippen LogP contribution in [0.1, 0.15) is 34.3 Å². The van der Waals surface area contributed by atoms with Gasteiger partial charge in [0.15, 0.2) is 0 Å². The zero-order chi connectivity index (χ0) is 9.97. The normalized spacial score (nSPS) is 14.6. The van der Waals surface area contributed by atoms with Gasteiger partial charge in [0, 0.05) is 5.56 Å². The number of hydrogen-bond donors (Lipinski definition) is 2. The van der Waals surface area contributed by atoms with E-state index in [1.807, 2.05) is 18.2 Å². The number of hydrazine groups is 1. The van der Waals surface area contributed by atoms with Crippen LogP contribution in [0, 0.1) is 0 Å². The van der Waals surface area contributed by atoms with E-state index in [1.54, 1.807) is 0 Å². The Kier molecular flexibility index (Phi) is 2.50. The summed E-state index contributed by atoms with van der Waals surface area (Å²) in [5, 5.41) is 0. The molecule has 0 unspecified atom stereocenters. The van der Waals surface area contributed by atoms with Gasteiger partial charge in [0.2, 0.25) is 0 Å². The summed E-state index contributed by atoms with van der Waals surface area (Å²) in [4.78, 5) is 11.3. The van der Waals surface area contributed by atoms with Crippen LogP contribution >= 0.6 is 0 Å². The number of nitrogens with one attached hydrogen (secondary N) is 1. The molecule has 1 aromatic carbocycles. The molecule has 0 fully saturated rings.